The lowest BCUT2D eigenvalue weighted by atomic mass is 10.2. The first-order chi connectivity index (χ1) is 11.6. The van der Waals surface area contributed by atoms with Gasteiger partial charge in [-0.15, -0.1) is 11.8 Å². The van der Waals surface area contributed by atoms with E-state index >= 15 is 0 Å². The van der Waals surface area contributed by atoms with E-state index in [1.807, 2.05) is 30.3 Å². The molecule has 1 heterocycles. The maximum atomic E-state index is 12.9. The largest absolute Gasteiger partial charge is 0.323 e. The van der Waals surface area contributed by atoms with Crippen LogP contribution in [0.4, 0.5) is 4.39 Å². The highest BCUT2D eigenvalue weighted by atomic mass is 32.2. The van der Waals surface area contributed by atoms with Gasteiger partial charge in [-0.3, -0.25) is 0 Å². The number of fused-ring (bicyclic) bond motifs is 1. The van der Waals surface area contributed by atoms with Crippen LogP contribution in [0.2, 0.25) is 0 Å². The van der Waals surface area contributed by atoms with Crippen molar-refractivity contribution in [3.8, 4) is 0 Å². The van der Waals surface area contributed by atoms with Crippen molar-refractivity contribution in [1.29, 1.82) is 0 Å². The quantitative estimate of drug-likeness (QED) is 0.573. The number of benzene rings is 2. The third kappa shape index (κ3) is 4.49. The number of aromatic amines is 2. The topological polar surface area (TPSA) is 60.7 Å². The monoisotopic (exact) mass is 345 g/mol. The van der Waals surface area contributed by atoms with Gasteiger partial charge in [0.2, 0.25) is 0 Å². The van der Waals surface area contributed by atoms with Crippen molar-refractivity contribution in [3.63, 3.8) is 0 Å². The molecule has 24 heavy (non-hydrogen) atoms. The minimum atomic E-state index is -0.199. The van der Waals surface area contributed by atoms with Gasteiger partial charge in [-0.25, -0.2) is 9.18 Å². The summed E-state index contributed by atoms with van der Waals surface area (Å²) in [7, 11) is 0. The van der Waals surface area contributed by atoms with Crippen LogP contribution in [0.5, 0.6) is 0 Å². The number of thioether (sulfide) groups is 1. The number of rotatable bonds is 7. The Morgan fingerprint density at radius 3 is 2.67 bits per heavy atom. The Labute approximate surface area is 143 Å². The first-order valence-corrected chi connectivity index (χ1v) is 8.91. The molecule has 0 amide bonds. The fourth-order valence-corrected chi connectivity index (χ4v) is 3.50. The second-order valence-corrected chi connectivity index (χ2v) is 7.00. The van der Waals surface area contributed by atoms with E-state index in [2.05, 4.69) is 22.2 Å². The second-order valence-electron chi connectivity index (χ2n) is 5.83. The highest BCUT2D eigenvalue weighted by Gasteiger charge is 2.04. The van der Waals surface area contributed by atoms with Crippen LogP contribution in [0.3, 0.4) is 0 Å². The van der Waals surface area contributed by atoms with Gasteiger partial charge in [0, 0.05) is 17.5 Å². The molecule has 2 aromatic carbocycles. The predicted octanol–water partition coefficient (Wildman–Crippen LogP) is 3.66. The molecule has 1 aromatic heterocycles. The Balaban J connectivity index is 1.45. The third-order valence-corrected chi connectivity index (χ3v) is 4.91. The molecular weight excluding hydrogens is 325 g/mol. The van der Waals surface area contributed by atoms with Crippen LogP contribution >= 0.6 is 11.8 Å². The van der Waals surface area contributed by atoms with Crippen molar-refractivity contribution in [3.05, 3.63) is 64.3 Å². The van der Waals surface area contributed by atoms with Gasteiger partial charge in [0.25, 0.3) is 0 Å². The van der Waals surface area contributed by atoms with E-state index in [1.54, 1.807) is 11.8 Å². The van der Waals surface area contributed by atoms with Gasteiger partial charge in [0.15, 0.2) is 0 Å². The number of halogens is 1. The van der Waals surface area contributed by atoms with Gasteiger partial charge >= 0.3 is 5.69 Å². The molecule has 0 saturated carbocycles. The lowest BCUT2D eigenvalue weighted by molar-refractivity contribution is 0.537. The van der Waals surface area contributed by atoms with Crippen molar-refractivity contribution in [2.24, 2.45) is 0 Å². The van der Waals surface area contributed by atoms with Crippen LogP contribution in [-0.2, 0) is 6.54 Å². The van der Waals surface area contributed by atoms with E-state index in [0.29, 0.717) is 6.04 Å². The van der Waals surface area contributed by atoms with Gasteiger partial charge in [-0.1, -0.05) is 6.07 Å². The zero-order valence-electron chi connectivity index (χ0n) is 13.4. The molecule has 126 valence electrons. The standard InChI is InChI=1S/C18H20FN3OS/c1-12(8-9-24-15-5-3-14(19)4-6-15)20-11-13-2-7-16-17(10-13)22-18(23)21-16/h2-7,10,12,20H,8-9,11H2,1H3,(H2,21,22,23). The van der Waals surface area contributed by atoms with Gasteiger partial charge in [-0.2, -0.15) is 0 Å². The van der Waals surface area contributed by atoms with Crippen molar-refractivity contribution >= 4 is 22.8 Å². The molecule has 3 rings (SSSR count). The molecular formula is C18H20FN3OS. The summed E-state index contributed by atoms with van der Waals surface area (Å²) in [5.41, 5.74) is 2.61. The van der Waals surface area contributed by atoms with Crippen molar-refractivity contribution in [2.45, 2.75) is 30.8 Å². The summed E-state index contributed by atoms with van der Waals surface area (Å²) < 4.78 is 12.9. The molecule has 3 N–H and O–H groups in total. The fraction of sp³-hybridized carbons (Fsp3) is 0.278. The maximum Gasteiger partial charge on any atom is 0.323 e. The van der Waals surface area contributed by atoms with Gasteiger partial charge in [0.1, 0.15) is 5.82 Å². The Morgan fingerprint density at radius 2 is 1.88 bits per heavy atom. The third-order valence-electron chi connectivity index (χ3n) is 3.87. The molecule has 3 aromatic rings. The average Bonchev–Trinajstić information content (AvgIpc) is 2.94. The van der Waals surface area contributed by atoms with Gasteiger partial charge < -0.3 is 15.3 Å². The van der Waals surface area contributed by atoms with Crippen LogP contribution < -0.4 is 11.0 Å². The average molecular weight is 345 g/mol. The molecule has 0 saturated heterocycles. The highest BCUT2D eigenvalue weighted by Crippen LogP contribution is 2.19. The van der Waals surface area contributed by atoms with Crippen molar-refractivity contribution < 1.29 is 4.39 Å². The predicted molar refractivity (Wildman–Crippen MR) is 97.0 cm³/mol. The SMILES string of the molecule is CC(CCSc1ccc(F)cc1)NCc1ccc2[nH]c(=O)[nH]c2c1. The summed E-state index contributed by atoms with van der Waals surface area (Å²) in [6, 6.07) is 12.9. The van der Waals surface area contributed by atoms with E-state index in [1.165, 1.54) is 12.1 Å². The molecule has 0 aliphatic rings. The van der Waals surface area contributed by atoms with Gasteiger partial charge in [-0.05, 0) is 61.1 Å². The summed E-state index contributed by atoms with van der Waals surface area (Å²) >= 11 is 1.73. The van der Waals surface area contributed by atoms with Crippen molar-refractivity contribution in [2.75, 3.05) is 5.75 Å². The van der Waals surface area contributed by atoms with E-state index in [0.717, 1.165) is 40.2 Å². The molecule has 0 radical (unpaired) electrons. The van der Waals surface area contributed by atoms with Crippen LogP contribution in [0.25, 0.3) is 11.0 Å². The summed E-state index contributed by atoms with van der Waals surface area (Å²) in [5, 5.41) is 3.49. The second kappa shape index (κ2) is 7.68. The molecule has 0 aliphatic carbocycles. The van der Waals surface area contributed by atoms with Crippen molar-refractivity contribution in [1.82, 2.24) is 15.3 Å². The zero-order chi connectivity index (χ0) is 16.9. The molecule has 6 heteroatoms. The highest BCUT2D eigenvalue weighted by molar-refractivity contribution is 7.99. The number of hydrogen-bond acceptors (Lipinski definition) is 3. The fourth-order valence-electron chi connectivity index (χ4n) is 2.47. The Hall–Kier alpha value is -2.05. The molecule has 0 fully saturated rings. The van der Waals surface area contributed by atoms with E-state index in [4.69, 9.17) is 0 Å². The zero-order valence-corrected chi connectivity index (χ0v) is 14.3. The molecule has 4 nitrogen and oxygen atoms in total. The lowest BCUT2D eigenvalue weighted by Crippen LogP contribution is -2.25. The minimum absolute atomic E-state index is 0.179. The Kier molecular flexibility index (Phi) is 5.37. The van der Waals surface area contributed by atoms with Crippen LogP contribution in [-0.4, -0.2) is 21.8 Å². The summed E-state index contributed by atoms with van der Waals surface area (Å²) in [5.74, 6) is 0.777. The maximum absolute atomic E-state index is 12.9. The van der Waals surface area contributed by atoms with Gasteiger partial charge in [0.05, 0.1) is 11.0 Å². The number of aromatic nitrogens is 2. The summed E-state index contributed by atoms with van der Waals surface area (Å²) in [6.45, 7) is 2.91. The Morgan fingerprint density at radius 1 is 1.12 bits per heavy atom. The first-order valence-electron chi connectivity index (χ1n) is 7.93. The molecule has 1 unspecified atom stereocenters. The van der Waals surface area contributed by atoms with E-state index in [-0.39, 0.29) is 11.5 Å². The number of imidazole rings is 1. The first kappa shape index (κ1) is 16.8. The van der Waals surface area contributed by atoms with E-state index in [9.17, 15) is 9.18 Å². The van der Waals surface area contributed by atoms with Crippen LogP contribution in [0.15, 0.2) is 52.2 Å². The van der Waals surface area contributed by atoms with E-state index < -0.39 is 0 Å². The minimum Gasteiger partial charge on any atom is -0.310 e. The molecule has 0 spiro atoms. The Bertz CT molecular complexity index is 857. The van der Waals surface area contributed by atoms with Crippen LogP contribution in [0.1, 0.15) is 18.9 Å². The normalized spacial score (nSPS) is 12.6. The number of hydrogen-bond donors (Lipinski definition) is 3. The molecule has 0 aliphatic heterocycles. The number of H-pyrrole nitrogens is 2. The van der Waals surface area contributed by atoms with Crippen LogP contribution in [0, 0.1) is 5.82 Å². The summed E-state index contributed by atoms with van der Waals surface area (Å²) in [4.78, 5) is 17.9. The number of nitrogens with one attached hydrogen (secondary N) is 3. The smallest absolute Gasteiger partial charge is 0.310 e. The lowest BCUT2D eigenvalue weighted by Gasteiger charge is -2.13. The molecule has 1 atom stereocenters. The molecule has 0 bridgehead atoms. The summed E-state index contributed by atoms with van der Waals surface area (Å²) in [6.07, 6.45) is 1.02.